The van der Waals surface area contributed by atoms with Crippen molar-refractivity contribution in [3.05, 3.63) is 76.4 Å². The van der Waals surface area contributed by atoms with E-state index in [1.54, 1.807) is 4.68 Å². The van der Waals surface area contributed by atoms with E-state index in [4.69, 9.17) is 17.3 Å². The molecule has 1 aliphatic carbocycles. The Hall–Kier alpha value is -2.75. The summed E-state index contributed by atoms with van der Waals surface area (Å²) < 4.78 is 4.96. The first kappa shape index (κ1) is 20.2. The number of para-hydroxylation sites is 2. The fourth-order valence-electron chi connectivity index (χ4n) is 3.19. The molecule has 2 aromatic carbocycles. The molecule has 2 heterocycles. The van der Waals surface area contributed by atoms with Crippen molar-refractivity contribution in [2.45, 2.75) is 23.1 Å². The standard InChI is InChI=1S/C22H19N5OS3/c28-20(14-30-21-25-27(22(29)31-21)17-9-5-2-6-10-17)23-19-13-18(15-11-12-15)24-26(19)16-7-3-1-4-8-16/h1-10,13,15H,11-12,14H2,(H,23,28). The molecule has 0 spiro atoms. The summed E-state index contributed by atoms with van der Waals surface area (Å²) in [5.74, 6) is 1.35. The summed E-state index contributed by atoms with van der Waals surface area (Å²) in [5.41, 5.74) is 2.88. The quantitative estimate of drug-likeness (QED) is 0.290. The lowest BCUT2D eigenvalue weighted by atomic mass is 10.3. The van der Waals surface area contributed by atoms with E-state index in [9.17, 15) is 4.79 Å². The summed E-state index contributed by atoms with van der Waals surface area (Å²) in [4.78, 5) is 12.7. The number of amides is 1. The molecule has 2 aromatic heterocycles. The lowest BCUT2D eigenvalue weighted by molar-refractivity contribution is -0.113. The van der Waals surface area contributed by atoms with Crippen LogP contribution in [0.25, 0.3) is 11.4 Å². The molecular formula is C22H19N5OS3. The van der Waals surface area contributed by atoms with Gasteiger partial charge in [-0.25, -0.2) is 9.36 Å². The van der Waals surface area contributed by atoms with Gasteiger partial charge in [0.15, 0.2) is 8.29 Å². The maximum Gasteiger partial charge on any atom is 0.235 e. The van der Waals surface area contributed by atoms with E-state index in [1.807, 2.05) is 71.4 Å². The van der Waals surface area contributed by atoms with E-state index in [0.717, 1.165) is 34.2 Å². The molecule has 4 aromatic rings. The first-order valence-electron chi connectivity index (χ1n) is 9.91. The van der Waals surface area contributed by atoms with Gasteiger partial charge in [-0.05, 0) is 49.3 Å². The van der Waals surface area contributed by atoms with Gasteiger partial charge in [0.05, 0.1) is 22.8 Å². The Bertz CT molecular complexity index is 1260. The summed E-state index contributed by atoms with van der Waals surface area (Å²) in [6.45, 7) is 0. The molecule has 1 fully saturated rings. The highest BCUT2D eigenvalue weighted by molar-refractivity contribution is 8.01. The molecule has 9 heteroatoms. The molecule has 0 saturated heterocycles. The number of carbonyl (C=O) groups excluding carboxylic acids is 1. The van der Waals surface area contributed by atoms with Gasteiger partial charge in [0, 0.05) is 12.0 Å². The minimum Gasteiger partial charge on any atom is -0.310 e. The summed E-state index contributed by atoms with van der Waals surface area (Å²) in [6.07, 6.45) is 2.31. The van der Waals surface area contributed by atoms with Crippen LogP contribution in [0.4, 0.5) is 5.82 Å². The third kappa shape index (κ3) is 4.63. The van der Waals surface area contributed by atoms with Gasteiger partial charge in [0.1, 0.15) is 5.82 Å². The van der Waals surface area contributed by atoms with Crippen molar-refractivity contribution in [1.29, 1.82) is 0 Å². The summed E-state index contributed by atoms with van der Waals surface area (Å²) in [7, 11) is 0. The highest BCUT2D eigenvalue weighted by atomic mass is 32.2. The summed E-state index contributed by atoms with van der Waals surface area (Å²) >= 11 is 8.23. The number of anilines is 1. The van der Waals surface area contributed by atoms with Gasteiger partial charge >= 0.3 is 0 Å². The predicted octanol–water partition coefficient (Wildman–Crippen LogP) is 5.46. The van der Waals surface area contributed by atoms with Crippen LogP contribution in [0.2, 0.25) is 0 Å². The summed E-state index contributed by atoms with van der Waals surface area (Å²) in [5, 5.41) is 12.3. The number of thioether (sulfide) groups is 1. The molecule has 6 nitrogen and oxygen atoms in total. The van der Waals surface area contributed by atoms with E-state index in [0.29, 0.717) is 15.7 Å². The molecule has 0 unspecified atom stereocenters. The molecule has 156 valence electrons. The third-order valence-electron chi connectivity index (χ3n) is 4.85. The number of aromatic nitrogens is 4. The zero-order valence-electron chi connectivity index (χ0n) is 16.5. The van der Waals surface area contributed by atoms with Crippen LogP contribution in [0, 0.1) is 3.95 Å². The van der Waals surface area contributed by atoms with Crippen LogP contribution in [0.15, 0.2) is 71.1 Å². The smallest absolute Gasteiger partial charge is 0.235 e. The molecule has 1 amide bonds. The fraction of sp³-hybridized carbons (Fsp3) is 0.182. The molecule has 1 saturated carbocycles. The topological polar surface area (TPSA) is 64.7 Å². The fourth-order valence-corrected chi connectivity index (χ4v) is 5.35. The lowest BCUT2D eigenvalue weighted by Crippen LogP contribution is -2.16. The van der Waals surface area contributed by atoms with Crippen LogP contribution in [-0.2, 0) is 4.79 Å². The van der Waals surface area contributed by atoms with Crippen LogP contribution in [0.5, 0.6) is 0 Å². The van der Waals surface area contributed by atoms with Crippen molar-refractivity contribution in [1.82, 2.24) is 19.6 Å². The number of carbonyl (C=O) groups is 1. The van der Waals surface area contributed by atoms with Crippen LogP contribution >= 0.6 is 35.3 Å². The van der Waals surface area contributed by atoms with Gasteiger partial charge in [0.25, 0.3) is 0 Å². The maximum atomic E-state index is 12.7. The number of hydrogen-bond acceptors (Lipinski definition) is 6. The Kier molecular flexibility index (Phi) is 5.71. The number of nitrogens with one attached hydrogen (secondary N) is 1. The Morgan fingerprint density at radius 1 is 1.03 bits per heavy atom. The zero-order valence-corrected chi connectivity index (χ0v) is 18.9. The zero-order chi connectivity index (χ0) is 21.2. The van der Waals surface area contributed by atoms with Gasteiger partial charge in [0.2, 0.25) is 5.91 Å². The van der Waals surface area contributed by atoms with Gasteiger partial charge in [-0.1, -0.05) is 59.5 Å². The average molecular weight is 466 g/mol. The highest BCUT2D eigenvalue weighted by Crippen LogP contribution is 2.40. The van der Waals surface area contributed by atoms with Gasteiger partial charge in [-0.15, -0.1) is 5.10 Å². The van der Waals surface area contributed by atoms with Gasteiger partial charge < -0.3 is 5.32 Å². The molecule has 0 atom stereocenters. The predicted molar refractivity (Wildman–Crippen MR) is 127 cm³/mol. The average Bonchev–Trinajstić information content (AvgIpc) is 3.46. The first-order chi connectivity index (χ1) is 15.2. The van der Waals surface area contributed by atoms with Crippen LogP contribution in [0.1, 0.15) is 24.5 Å². The minimum absolute atomic E-state index is 0.100. The molecule has 5 rings (SSSR count). The largest absolute Gasteiger partial charge is 0.310 e. The molecule has 1 aliphatic rings. The van der Waals surface area contributed by atoms with Crippen molar-refractivity contribution < 1.29 is 4.79 Å². The van der Waals surface area contributed by atoms with E-state index >= 15 is 0 Å². The van der Waals surface area contributed by atoms with E-state index in [2.05, 4.69) is 10.4 Å². The molecule has 0 bridgehead atoms. The number of rotatable bonds is 7. The monoisotopic (exact) mass is 465 g/mol. The summed E-state index contributed by atoms with van der Waals surface area (Å²) in [6, 6.07) is 21.6. The van der Waals surface area contributed by atoms with Crippen LogP contribution < -0.4 is 5.32 Å². The number of hydrogen-bond donors (Lipinski definition) is 1. The molecule has 31 heavy (non-hydrogen) atoms. The van der Waals surface area contributed by atoms with E-state index < -0.39 is 0 Å². The molecule has 1 N–H and O–H groups in total. The Morgan fingerprint density at radius 2 is 1.68 bits per heavy atom. The highest BCUT2D eigenvalue weighted by Gasteiger charge is 2.28. The normalized spacial score (nSPS) is 13.3. The van der Waals surface area contributed by atoms with Crippen molar-refractivity contribution >= 4 is 47.0 Å². The Morgan fingerprint density at radius 3 is 2.32 bits per heavy atom. The van der Waals surface area contributed by atoms with E-state index in [1.165, 1.54) is 23.1 Å². The third-order valence-corrected chi connectivity index (χ3v) is 7.21. The second-order valence-electron chi connectivity index (χ2n) is 7.19. The number of benzene rings is 2. The molecule has 0 radical (unpaired) electrons. The second-order valence-corrected chi connectivity index (χ2v) is 10.0. The molecule has 0 aliphatic heterocycles. The van der Waals surface area contributed by atoms with Crippen molar-refractivity contribution in [2.75, 3.05) is 11.1 Å². The van der Waals surface area contributed by atoms with Gasteiger partial charge in [-0.2, -0.15) is 5.10 Å². The van der Waals surface area contributed by atoms with Crippen molar-refractivity contribution in [3.8, 4) is 11.4 Å². The Balaban J connectivity index is 1.29. The van der Waals surface area contributed by atoms with Crippen molar-refractivity contribution in [3.63, 3.8) is 0 Å². The Labute approximate surface area is 192 Å². The number of nitrogens with zero attached hydrogens (tertiary/aromatic N) is 4. The maximum absolute atomic E-state index is 12.7. The second kappa shape index (κ2) is 8.78. The lowest BCUT2D eigenvalue weighted by Gasteiger charge is -2.08. The van der Waals surface area contributed by atoms with Crippen LogP contribution in [-0.4, -0.2) is 31.2 Å². The van der Waals surface area contributed by atoms with Gasteiger partial charge in [-0.3, -0.25) is 4.79 Å². The SMILES string of the molecule is O=C(CSc1nn(-c2ccccc2)c(=S)s1)Nc1cc(C2CC2)nn1-c1ccccc1. The minimum atomic E-state index is -0.100. The van der Waals surface area contributed by atoms with Crippen LogP contribution in [0.3, 0.4) is 0 Å². The van der Waals surface area contributed by atoms with Crippen molar-refractivity contribution in [2.24, 2.45) is 0 Å². The first-order valence-corrected chi connectivity index (χ1v) is 12.1. The molecular weight excluding hydrogens is 446 g/mol. The van der Waals surface area contributed by atoms with E-state index in [-0.39, 0.29) is 11.7 Å².